The van der Waals surface area contributed by atoms with Gasteiger partial charge >= 0.3 is 0 Å². The van der Waals surface area contributed by atoms with Gasteiger partial charge in [-0.25, -0.2) is 0 Å². The predicted octanol–water partition coefficient (Wildman–Crippen LogP) is 4.71. The van der Waals surface area contributed by atoms with Crippen molar-refractivity contribution in [2.45, 2.75) is 5.92 Å². The molecule has 0 unspecified atom stereocenters. The first-order valence-electron chi connectivity index (χ1n) is 9.23. The third-order valence-corrected chi connectivity index (χ3v) is 6.29. The molecule has 1 spiro atoms. The highest BCUT2D eigenvalue weighted by Crippen LogP contribution is 2.70. The van der Waals surface area contributed by atoms with Crippen molar-refractivity contribution >= 4 is 29.0 Å². The maximum atomic E-state index is 13.4. The average Bonchev–Trinajstić information content (AvgIpc) is 3.38. The number of halogens is 1. The minimum Gasteiger partial charge on any atom is -0.508 e. The van der Waals surface area contributed by atoms with Crippen molar-refractivity contribution in [1.29, 1.82) is 0 Å². The van der Waals surface area contributed by atoms with Crippen LogP contribution in [0.2, 0.25) is 5.02 Å². The number of phenols is 1. The summed E-state index contributed by atoms with van der Waals surface area (Å²) in [6.07, 6.45) is 0. The lowest BCUT2D eigenvalue weighted by Gasteiger charge is -2.07. The molecule has 2 aliphatic rings. The lowest BCUT2D eigenvalue weighted by atomic mass is 9.91. The van der Waals surface area contributed by atoms with Crippen molar-refractivity contribution in [3.8, 4) is 5.75 Å². The van der Waals surface area contributed by atoms with Gasteiger partial charge in [0, 0.05) is 27.6 Å². The van der Waals surface area contributed by atoms with E-state index in [1.54, 1.807) is 60.7 Å². The third-order valence-electron chi connectivity index (χ3n) is 6.04. The van der Waals surface area contributed by atoms with E-state index in [4.69, 9.17) is 11.6 Å². The number of ketones is 3. The molecule has 1 fully saturated rings. The topological polar surface area (TPSA) is 71.4 Å². The van der Waals surface area contributed by atoms with Gasteiger partial charge in [-0.05, 0) is 42.0 Å². The highest BCUT2D eigenvalue weighted by molar-refractivity contribution is 6.35. The Balaban J connectivity index is 1.65. The fourth-order valence-electron chi connectivity index (χ4n) is 4.67. The molecule has 5 heteroatoms. The van der Waals surface area contributed by atoms with Gasteiger partial charge in [0.25, 0.3) is 0 Å². The fourth-order valence-corrected chi connectivity index (χ4v) is 4.80. The molecule has 0 bridgehead atoms. The zero-order valence-corrected chi connectivity index (χ0v) is 15.9. The van der Waals surface area contributed by atoms with E-state index in [1.807, 2.05) is 0 Å². The summed E-state index contributed by atoms with van der Waals surface area (Å²) in [5, 5.41) is 10.1. The van der Waals surface area contributed by atoms with E-state index in [0.717, 1.165) is 0 Å². The van der Waals surface area contributed by atoms with Gasteiger partial charge in [0.05, 0.1) is 5.92 Å². The molecule has 0 radical (unpaired) electrons. The number of hydrogen-bond acceptors (Lipinski definition) is 4. The van der Waals surface area contributed by atoms with Crippen LogP contribution in [0, 0.1) is 11.3 Å². The van der Waals surface area contributed by atoms with Crippen molar-refractivity contribution in [2.75, 3.05) is 0 Å². The quantitative estimate of drug-likeness (QED) is 0.509. The maximum absolute atomic E-state index is 13.4. The van der Waals surface area contributed by atoms with Crippen molar-refractivity contribution in [3.63, 3.8) is 0 Å². The average molecular weight is 403 g/mol. The van der Waals surface area contributed by atoms with E-state index in [1.165, 1.54) is 12.1 Å². The van der Waals surface area contributed by atoms with Crippen LogP contribution < -0.4 is 0 Å². The summed E-state index contributed by atoms with van der Waals surface area (Å²) in [4.78, 5) is 40.2. The number of benzene rings is 3. The molecule has 29 heavy (non-hydrogen) atoms. The minimum absolute atomic E-state index is 0.0800. The van der Waals surface area contributed by atoms with Crippen LogP contribution in [0.5, 0.6) is 5.75 Å². The van der Waals surface area contributed by atoms with E-state index in [-0.39, 0.29) is 23.1 Å². The van der Waals surface area contributed by atoms with Crippen LogP contribution in [0.15, 0.2) is 72.8 Å². The summed E-state index contributed by atoms with van der Waals surface area (Å²) in [5.74, 6) is -2.14. The molecule has 3 aromatic rings. The number of rotatable bonds is 3. The lowest BCUT2D eigenvalue weighted by Crippen LogP contribution is -2.23. The second kappa shape index (κ2) is 6.13. The Morgan fingerprint density at radius 1 is 0.828 bits per heavy atom. The van der Waals surface area contributed by atoms with Gasteiger partial charge in [-0.2, -0.15) is 0 Å². The van der Waals surface area contributed by atoms with Crippen LogP contribution >= 0.6 is 11.6 Å². The largest absolute Gasteiger partial charge is 0.508 e. The number of carbonyl (C=O) groups is 3. The number of carbonyl (C=O) groups excluding carboxylic acids is 3. The van der Waals surface area contributed by atoms with Crippen molar-refractivity contribution in [1.82, 2.24) is 0 Å². The molecular formula is C24H15ClO4. The Kier molecular flexibility index (Phi) is 3.77. The van der Waals surface area contributed by atoms with Crippen molar-refractivity contribution in [2.24, 2.45) is 11.3 Å². The van der Waals surface area contributed by atoms with Gasteiger partial charge in [-0.3, -0.25) is 14.4 Å². The van der Waals surface area contributed by atoms with Crippen LogP contribution in [-0.4, -0.2) is 22.5 Å². The fraction of sp³-hybridized carbons (Fsp3) is 0.125. The summed E-state index contributed by atoms with van der Waals surface area (Å²) in [5.41, 5.74) is 0.416. The van der Waals surface area contributed by atoms with Crippen LogP contribution in [0.4, 0.5) is 0 Å². The van der Waals surface area contributed by atoms with Gasteiger partial charge in [-0.1, -0.05) is 48.0 Å². The minimum atomic E-state index is -1.42. The first-order chi connectivity index (χ1) is 14.0. The zero-order valence-electron chi connectivity index (χ0n) is 15.1. The van der Waals surface area contributed by atoms with Crippen LogP contribution in [0.3, 0.4) is 0 Å². The molecule has 142 valence electrons. The molecule has 5 rings (SSSR count). The lowest BCUT2D eigenvalue weighted by molar-refractivity contribution is 0.0764. The van der Waals surface area contributed by atoms with Gasteiger partial charge in [0.15, 0.2) is 17.3 Å². The monoisotopic (exact) mass is 402 g/mol. The molecular weight excluding hydrogens is 388 g/mol. The standard InChI is InChI=1S/C24H15ClO4/c25-15-9-5-14(6-10-15)21(27)20-19(13-7-11-16(26)12-8-13)24(20)22(28)17-3-1-2-4-18(17)23(24)29/h1-12,19-20,26H/t19-,20+/m1/s1. The van der Waals surface area contributed by atoms with E-state index in [9.17, 15) is 19.5 Å². The number of aromatic hydroxyl groups is 1. The summed E-state index contributed by atoms with van der Waals surface area (Å²) < 4.78 is 0. The van der Waals surface area contributed by atoms with Gasteiger partial charge in [0.1, 0.15) is 11.2 Å². The van der Waals surface area contributed by atoms with Crippen molar-refractivity contribution in [3.05, 3.63) is 100 Å². The number of fused-ring (bicyclic) bond motifs is 1. The van der Waals surface area contributed by atoms with Gasteiger partial charge < -0.3 is 5.11 Å². The van der Waals surface area contributed by atoms with Crippen molar-refractivity contribution < 1.29 is 19.5 Å². The predicted molar refractivity (Wildman–Crippen MR) is 108 cm³/mol. The SMILES string of the molecule is O=C(c1ccc(Cl)cc1)[C@@H]1[C@@H](c2ccc(O)cc2)C12C(=O)c1ccccc1C2=O. The van der Waals surface area contributed by atoms with Gasteiger partial charge in [0.2, 0.25) is 0 Å². The normalized spacial score (nSPS) is 21.3. The third kappa shape index (κ3) is 2.36. The highest BCUT2D eigenvalue weighted by atomic mass is 35.5. The second-order valence-electron chi connectivity index (χ2n) is 7.49. The van der Waals surface area contributed by atoms with E-state index in [2.05, 4.69) is 0 Å². The Hall–Kier alpha value is -3.24. The molecule has 0 amide bonds. The number of hydrogen-bond donors (Lipinski definition) is 1. The Morgan fingerprint density at radius 2 is 1.38 bits per heavy atom. The molecule has 2 atom stereocenters. The molecule has 3 aromatic carbocycles. The first kappa shape index (κ1) is 17.8. The maximum Gasteiger partial charge on any atom is 0.178 e. The molecule has 4 nitrogen and oxygen atoms in total. The van der Waals surface area contributed by atoms with Crippen LogP contribution in [0.25, 0.3) is 0 Å². The van der Waals surface area contributed by atoms with E-state index >= 15 is 0 Å². The number of phenolic OH excluding ortho intramolecular Hbond substituents is 1. The molecule has 1 N–H and O–H groups in total. The summed E-state index contributed by atoms with van der Waals surface area (Å²) in [7, 11) is 0. The molecule has 0 aromatic heterocycles. The summed E-state index contributed by atoms with van der Waals surface area (Å²) in [6.45, 7) is 0. The van der Waals surface area contributed by atoms with E-state index in [0.29, 0.717) is 27.3 Å². The molecule has 0 heterocycles. The Bertz CT molecular complexity index is 1140. The molecule has 1 saturated carbocycles. The summed E-state index contributed by atoms with van der Waals surface area (Å²) >= 11 is 5.94. The second-order valence-corrected chi connectivity index (χ2v) is 7.93. The number of Topliss-reactive ketones (excluding diaryl/α,β-unsaturated/α-hetero) is 3. The van der Waals surface area contributed by atoms with E-state index < -0.39 is 17.3 Å². The zero-order chi connectivity index (χ0) is 20.3. The van der Waals surface area contributed by atoms with Gasteiger partial charge in [-0.15, -0.1) is 0 Å². The highest BCUT2D eigenvalue weighted by Gasteiger charge is 2.78. The molecule has 0 saturated heterocycles. The molecule has 2 aliphatic carbocycles. The summed E-state index contributed by atoms with van der Waals surface area (Å²) in [6, 6.07) is 19.5. The first-order valence-corrected chi connectivity index (χ1v) is 9.61. The van der Waals surface area contributed by atoms with Crippen LogP contribution in [-0.2, 0) is 0 Å². The molecule has 0 aliphatic heterocycles. The smallest absolute Gasteiger partial charge is 0.178 e. The Morgan fingerprint density at radius 3 is 1.93 bits per heavy atom. The Labute approximate surface area is 171 Å². The van der Waals surface area contributed by atoms with Crippen LogP contribution in [0.1, 0.15) is 42.6 Å².